The maximum absolute atomic E-state index is 11.7. The fourth-order valence-electron chi connectivity index (χ4n) is 2.61. The highest BCUT2D eigenvalue weighted by molar-refractivity contribution is 8.22. The van der Waals surface area contributed by atoms with Gasteiger partial charge in [0.25, 0.3) is 0 Å². The van der Waals surface area contributed by atoms with Crippen LogP contribution in [0.1, 0.15) is 5.89 Å². The van der Waals surface area contributed by atoms with E-state index in [1.54, 1.807) is 30.3 Å². The zero-order valence-electron chi connectivity index (χ0n) is 16.3. The molecule has 3 rings (SSSR count). The Balaban J connectivity index is 1.92. The van der Waals surface area contributed by atoms with Gasteiger partial charge in [0.05, 0.1) is 4.90 Å². The van der Waals surface area contributed by atoms with Crippen LogP contribution in [0.5, 0.6) is 0 Å². The van der Waals surface area contributed by atoms with E-state index in [-0.39, 0.29) is 4.90 Å². The molecule has 0 amide bonds. The van der Waals surface area contributed by atoms with Crippen LogP contribution in [-0.4, -0.2) is 47.0 Å². The smallest absolute Gasteiger partial charge is 0.219 e. The molecule has 6 nitrogen and oxygen atoms in total. The minimum Gasteiger partial charge on any atom is -0.436 e. The Morgan fingerprint density at radius 3 is 2.43 bits per heavy atom. The van der Waals surface area contributed by atoms with E-state index >= 15 is 0 Å². The van der Waals surface area contributed by atoms with Crippen molar-refractivity contribution in [3.05, 3.63) is 66.6 Å². The molecule has 0 saturated carbocycles. The third-order valence-corrected chi connectivity index (χ3v) is 6.68. The first-order valence-electron chi connectivity index (χ1n) is 8.88. The number of aromatic nitrogens is 1. The average Bonchev–Trinajstić information content (AvgIpc) is 3.15. The number of rotatable bonds is 6. The molecule has 1 heterocycles. The van der Waals surface area contributed by atoms with Crippen molar-refractivity contribution in [1.82, 2.24) is 10.0 Å². The summed E-state index contributed by atoms with van der Waals surface area (Å²) in [7, 11) is -1.80. The molecule has 0 aliphatic rings. The van der Waals surface area contributed by atoms with E-state index in [4.69, 9.17) is 16.6 Å². The zero-order chi connectivity index (χ0) is 21.7. The molecule has 0 bridgehead atoms. The molecule has 0 aliphatic heterocycles. The van der Waals surface area contributed by atoms with Crippen LogP contribution in [-0.2, 0) is 9.84 Å². The number of hydrogen-bond acceptors (Lipinski definition) is 7. The second kappa shape index (κ2) is 9.57. The number of nitrogens with zero attached hydrogens (tertiary/aromatic N) is 2. The molecule has 30 heavy (non-hydrogen) atoms. The minimum absolute atomic E-state index is 0.248. The maximum Gasteiger partial charge on any atom is 0.219 e. The Kier molecular flexibility index (Phi) is 7.09. The number of thiocarbonyl (C=S) groups is 1. The van der Waals surface area contributed by atoms with Gasteiger partial charge in [-0.3, -0.25) is 5.21 Å². The number of oxazole rings is 1. The molecule has 0 saturated heterocycles. The molecule has 2 aromatic carbocycles. The minimum atomic E-state index is -3.28. The summed E-state index contributed by atoms with van der Waals surface area (Å²) in [5.74, 6) is 1.56. The second-order valence-corrected chi connectivity index (χ2v) is 10.1. The summed E-state index contributed by atoms with van der Waals surface area (Å²) >= 11 is 6.33. The van der Waals surface area contributed by atoms with E-state index in [9.17, 15) is 13.6 Å². The van der Waals surface area contributed by atoms with Gasteiger partial charge in [0.1, 0.15) is 5.69 Å². The lowest BCUT2D eigenvalue weighted by atomic mass is 10.1. The fourth-order valence-corrected chi connectivity index (χ4v) is 3.97. The summed E-state index contributed by atoms with van der Waals surface area (Å²) in [6.45, 7) is 0. The van der Waals surface area contributed by atoms with Gasteiger partial charge in [0, 0.05) is 30.2 Å². The highest BCUT2D eigenvalue weighted by Crippen LogP contribution is 2.33. The Bertz CT molecular complexity index is 1150. The Hall–Kier alpha value is -2.46. The topological polar surface area (TPSA) is 83.6 Å². The van der Waals surface area contributed by atoms with Gasteiger partial charge in [0.2, 0.25) is 5.89 Å². The second-order valence-electron chi connectivity index (χ2n) is 6.40. The number of sulfone groups is 1. The summed E-state index contributed by atoms with van der Waals surface area (Å²) in [5.41, 5.74) is 2.24. The summed E-state index contributed by atoms with van der Waals surface area (Å²) in [6.07, 6.45) is 4.76. The first-order chi connectivity index (χ1) is 14.3. The van der Waals surface area contributed by atoms with E-state index in [0.29, 0.717) is 27.4 Å². The largest absolute Gasteiger partial charge is 0.436 e. The summed E-state index contributed by atoms with van der Waals surface area (Å²) in [5, 5.41) is 10.2. The predicted molar refractivity (Wildman–Crippen MR) is 124 cm³/mol. The number of hydroxylamine groups is 2. The van der Waals surface area contributed by atoms with Crippen LogP contribution in [0.3, 0.4) is 0 Å². The Morgan fingerprint density at radius 1 is 1.17 bits per heavy atom. The monoisotopic (exact) mass is 460 g/mol. The molecule has 0 spiro atoms. The van der Waals surface area contributed by atoms with Crippen molar-refractivity contribution in [2.24, 2.45) is 0 Å². The van der Waals surface area contributed by atoms with Gasteiger partial charge in [-0.2, -0.15) is 0 Å². The van der Waals surface area contributed by atoms with Crippen LogP contribution >= 0.6 is 24.0 Å². The van der Waals surface area contributed by atoms with Gasteiger partial charge in [-0.1, -0.05) is 72.5 Å². The van der Waals surface area contributed by atoms with Crippen molar-refractivity contribution in [2.45, 2.75) is 4.90 Å². The third-order valence-electron chi connectivity index (χ3n) is 4.06. The first-order valence-corrected chi connectivity index (χ1v) is 12.2. The van der Waals surface area contributed by atoms with Crippen LogP contribution in [0.4, 0.5) is 0 Å². The molecule has 0 radical (unpaired) electrons. The van der Waals surface area contributed by atoms with Gasteiger partial charge in [-0.05, 0) is 18.2 Å². The third kappa shape index (κ3) is 5.57. The van der Waals surface area contributed by atoms with Crippen molar-refractivity contribution >= 4 is 44.2 Å². The van der Waals surface area contributed by atoms with Crippen molar-refractivity contribution in [3.63, 3.8) is 0 Å². The van der Waals surface area contributed by atoms with Crippen LogP contribution in [0.25, 0.3) is 28.7 Å². The lowest BCUT2D eigenvalue weighted by Gasteiger charge is -2.08. The molecule has 0 fully saturated rings. The Morgan fingerprint density at radius 2 is 1.83 bits per heavy atom. The molecular formula is C21H20N2O4S3. The van der Waals surface area contributed by atoms with Gasteiger partial charge in [-0.25, -0.2) is 18.5 Å². The average molecular weight is 461 g/mol. The molecule has 0 unspecified atom stereocenters. The predicted octanol–water partition coefficient (Wildman–Crippen LogP) is 4.76. The Labute approximate surface area is 185 Å². The molecule has 1 aromatic heterocycles. The lowest BCUT2D eigenvalue weighted by Crippen LogP contribution is -2.17. The molecule has 3 aromatic rings. The van der Waals surface area contributed by atoms with Gasteiger partial charge < -0.3 is 4.42 Å². The molecular weight excluding hydrogens is 440 g/mol. The zero-order valence-corrected chi connectivity index (χ0v) is 18.8. The molecule has 0 aliphatic carbocycles. The SMILES string of the molecule is CN(O)C(=S)SCC=Cc1nc(-c2ccc(S(C)(=O)=O)cc2)c(-c2ccccc2)o1. The van der Waals surface area contributed by atoms with Crippen LogP contribution < -0.4 is 0 Å². The van der Waals surface area contributed by atoms with Crippen molar-refractivity contribution in [1.29, 1.82) is 0 Å². The fraction of sp³-hybridized carbons (Fsp3) is 0.143. The number of thioether (sulfide) groups is 1. The lowest BCUT2D eigenvalue weighted by molar-refractivity contribution is 0.0205. The quantitative estimate of drug-likeness (QED) is 0.416. The van der Waals surface area contributed by atoms with E-state index in [2.05, 4.69) is 4.98 Å². The molecule has 0 atom stereocenters. The molecule has 156 valence electrons. The van der Waals surface area contributed by atoms with E-state index in [1.807, 2.05) is 36.4 Å². The summed E-state index contributed by atoms with van der Waals surface area (Å²) < 4.78 is 29.8. The number of hydrogen-bond donors (Lipinski definition) is 1. The summed E-state index contributed by atoms with van der Waals surface area (Å²) in [4.78, 5) is 4.84. The van der Waals surface area contributed by atoms with Crippen molar-refractivity contribution < 1.29 is 18.0 Å². The van der Waals surface area contributed by atoms with Crippen LogP contribution in [0.15, 0.2) is 70.0 Å². The van der Waals surface area contributed by atoms with Crippen LogP contribution in [0, 0.1) is 0 Å². The van der Waals surface area contributed by atoms with Gasteiger partial charge in [-0.15, -0.1) is 0 Å². The molecule has 1 N–H and O–H groups in total. The highest BCUT2D eigenvalue weighted by atomic mass is 32.2. The van der Waals surface area contributed by atoms with E-state index < -0.39 is 9.84 Å². The molecule has 9 heteroatoms. The normalized spacial score (nSPS) is 11.7. The summed E-state index contributed by atoms with van der Waals surface area (Å²) in [6, 6.07) is 16.2. The van der Waals surface area contributed by atoms with Crippen molar-refractivity contribution in [2.75, 3.05) is 19.1 Å². The van der Waals surface area contributed by atoms with Crippen LogP contribution in [0.2, 0.25) is 0 Å². The van der Waals surface area contributed by atoms with Crippen molar-refractivity contribution in [3.8, 4) is 22.6 Å². The standard InChI is InChI=1S/C21H20N2O4S3/c1-23(24)21(28)29-14-6-9-18-22-19(20(27-18)16-7-4-3-5-8-16)15-10-12-17(13-11-15)30(2,25)26/h3-13,24H,14H2,1-2H3. The van der Waals surface area contributed by atoms with E-state index in [0.717, 1.165) is 16.2 Å². The van der Waals surface area contributed by atoms with Gasteiger partial charge in [0.15, 0.2) is 19.9 Å². The number of benzene rings is 2. The first kappa shape index (κ1) is 22.2. The maximum atomic E-state index is 11.7. The highest BCUT2D eigenvalue weighted by Gasteiger charge is 2.17. The van der Waals surface area contributed by atoms with Gasteiger partial charge >= 0.3 is 0 Å². The van der Waals surface area contributed by atoms with E-state index in [1.165, 1.54) is 25.1 Å².